The molecule has 2 fully saturated rings. The van der Waals surface area contributed by atoms with E-state index >= 15 is 0 Å². The quantitative estimate of drug-likeness (QED) is 0.796. The van der Waals surface area contributed by atoms with Crippen LogP contribution in [0.1, 0.15) is 44.5 Å². The van der Waals surface area contributed by atoms with Crippen LogP contribution in [-0.4, -0.2) is 34.7 Å². The highest BCUT2D eigenvalue weighted by atomic mass is 32.1. The Hall–Kier alpha value is -1.10. The molecule has 0 bridgehead atoms. The minimum Gasteiger partial charge on any atom is -0.444 e. The van der Waals surface area contributed by atoms with Gasteiger partial charge in [-0.2, -0.15) is 0 Å². The fourth-order valence-corrected chi connectivity index (χ4v) is 4.18. The van der Waals surface area contributed by atoms with Crippen molar-refractivity contribution in [3.05, 3.63) is 16.6 Å². The molecule has 2 atom stereocenters. The lowest BCUT2D eigenvalue weighted by molar-refractivity contribution is 0.0279. The summed E-state index contributed by atoms with van der Waals surface area (Å²) in [6.45, 7) is 7.45. The van der Waals surface area contributed by atoms with Gasteiger partial charge >= 0.3 is 6.09 Å². The van der Waals surface area contributed by atoms with Crippen LogP contribution in [0.2, 0.25) is 0 Å². The van der Waals surface area contributed by atoms with Gasteiger partial charge in [0.05, 0.1) is 5.01 Å². The molecule has 4 nitrogen and oxygen atoms in total. The smallest absolute Gasteiger partial charge is 0.410 e. The summed E-state index contributed by atoms with van der Waals surface area (Å²) >= 11 is 1.76. The summed E-state index contributed by atoms with van der Waals surface area (Å²) in [5.41, 5.74) is -0.405. The van der Waals surface area contributed by atoms with E-state index in [1.54, 1.807) is 11.3 Å². The van der Waals surface area contributed by atoms with Crippen LogP contribution >= 0.6 is 11.3 Å². The van der Waals surface area contributed by atoms with Gasteiger partial charge in [0, 0.05) is 30.6 Å². The molecule has 1 aromatic rings. The maximum atomic E-state index is 12.1. The number of carbonyl (C=O) groups excluding carboxylic acids is 1. The van der Waals surface area contributed by atoms with Crippen LogP contribution < -0.4 is 0 Å². The average Bonchev–Trinajstić information content (AvgIpc) is 3.01. The summed E-state index contributed by atoms with van der Waals surface area (Å²) in [4.78, 5) is 18.4. The van der Waals surface area contributed by atoms with Crippen LogP contribution in [0.3, 0.4) is 0 Å². The second-order valence-corrected chi connectivity index (χ2v) is 7.87. The number of hydrogen-bond donors (Lipinski definition) is 0. The molecule has 1 aliphatic heterocycles. The van der Waals surface area contributed by atoms with E-state index in [1.165, 1.54) is 5.01 Å². The number of nitrogens with zero attached hydrogens (tertiary/aromatic N) is 2. The third kappa shape index (κ3) is 2.82. The van der Waals surface area contributed by atoms with Crippen molar-refractivity contribution >= 4 is 17.4 Å². The molecular formula is C15H22N2O2S. The fraction of sp³-hybridized carbons (Fsp3) is 0.733. The van der Waals surface area contributed by atoms with Crippen molar-refractivity contribution in [3.63, 3.8) is 0 Å². The Kier molecular flexibility index (Phi) is 3.48. The van der Waals surface area contributed by atoms with E-state index in [1.807, 2.05) is 31.9 Å². The number of hydrogen-bond acceptors (Lipinski definition) is 4. The lowest BCUT2D eigenvalue weighted by Crippen LogP contribution is -2.36. The molecule has 1 aliphatic carbocycles. The Bertz CT molecular complexity index is 467. The predicted octanol–water partition coefficient (Wildman–Crippen LogP) is 3.50. The molecule has 0 radical (unpaired) electrons. The largest absolute Gasteiger partial charge is 0.444 e. The van der Waals surface area contributed by atoms with Crippen LogP contribution in [0.15, 0.2) is 11.6 Å². The zero-order valence-corrected chi connectivity index (χ0v) is 13.2. The molecule has 110 valence electrons. The van der Waals surface area contributed by atoms with E-state index < -0.39 is 5.60 Å². The molecule has 1 aromatic heterocycles. The SMILES string of the molecule is CC(C)(C)OC(=O)N1CC2CC(c3nccs3)CC2C1. The highest BCUT2D eigenvalue weighted by molar-refractivity contribution is 7.09. The third-order valence-corrected chi connectivity index (χ3v) is 5.14. The number of aromatic nitrogens is 1. The standard InChI is InChI=1S/C15H22N2O2S/c1-15(2,3)19-14(18)17-8-11-6-10(7-12(11)9-17)13-16-4-5-20-13/h4-5,10-12H,6-9H2,1-3H3. The molecule has 0 N–H and O–H groups in total. The lowest BCUT2D eigenvalue weighted by Gasteiger charge is -2.25. The normalized spacial score (nSPS) is 29.6. The molecule has 20 heavy (non-hydrogen) atoms. The number of likely N-dealkylation sites (tertiary alicyclic amines) is 1. The zero-order valence-electron chi connectivity index (χ0n) is 12.3. The van der Waals surface area contributed by atoms with Gasteiger partial charge in [0.25, 0.3) is 0 Å². The van der Waals surface area contributed by atoms with Crippen molar-refractivity contribution in [1.29, 1.82) is 0 Å². The van der Waals surface area contributed by atoms with E-state index in [0.717, 1.165) is 25.9 Å². The summed E-state index contributed by atoms with van der Waals surface area (Å²) in [7, 11) is 0. The second kappa shape index (κ2) is 5.02. The van der Waals surface area contributed by atoms with Crippen molar-refractivity contribution < 1.29 is 9.53 Å². The second-order valence-electron chi connectivity index (χ2n) is 6.94. The van der Waals surface area contributed by atoms with Gasteiger partial charge in [0.15, 0.2) is 0 Å². The van der Waals surface area contributed by atoms with Crippen LogP contribution in [0.25, 0.3) is 0 Å². The highest BCUT2D eigenvalue weighted by Crippen LogP contribution is 2.46. The maximum Gasteiger partial charge on any atom is 0.410 e. The average molecular weight is 294 g/mol. The monoisotopic (exact) mass is 294 g/mol. The van der Waals surface area contributed by atoms with Gasteiger partial charge in [-0.3, -0.25) is 0 Å². The van der Waals surface area contributed by atoms with E-state index in [2.05, 4.69) is 10.4 Å². The van der Waals surface area contributed by atoms with Crippen LogP contribution in [-0.2, 0) is 4.74 Å². The summed E-state index contributed by atoms with van der Waals surface area (Å²) in [5, 5.41) is 3.32. The van der Waals surface area contributed by atoms with E-state index in [0.29, 0.717) is 17.8 Å². The Balaban J connectivity index is 1.57. The summed E-state index contributed by atoms with van der Waals surface area (Å²) < 4.78 is 5.46. The minimum absolute atomic E-state index is 0.155. The minimum atomic E-state index is -0.405. The first-order valence-corrected chi connectivity index (χ1v) is 8.17. The van der Waals surface area contributed by atoms with Crippen molar-refractivity contribution in [2.45, 2.75) is 45.1 Å². The topological polar surface area (TPSA) is 42.4 Å². The van der Waals surface area contributed by atoms with Gasteiger partial charge in [0.1, 0.15) is 5.60 Å². The molecule has 3 rings (SSSR count). The molecule has 1 saturated heterocycles. The predicted molar refractivity (Wildman–Crippen MR) is 78.9 cm³/mol. The number of fused-ring (bicyclic) bond motifs is 1. The number of thiazole rings is 1. The van der Waals surface area contributed by atoms with Crippen molar-refractivity contribution in [2.24, 2.45) is 11.8 Å². The molecule has 0 spiro atoms. The summed E-state index contributed by atoms with van der Waals surface area (Å²) in [6, 6.07) is 0. The van der Waals surface area contributed by atoms with E-state index in [4.69, 9.17) is 4.74 Å². The Morgan fingerprint density at radius 3 is 2.50 bits per heavy atom. The van der Waals surface area contributed by atoms with Crippen LogP contribution in [0, 0.1) is 11.8 Å². The van der Waals surface area contributed by atoms with Crippen molar-refractivity contribution in [1.82, 2.24) is 9.88 Å². The maximum absolute atomic E-state index is 12.1. The van der Waals surface area contributed by atoms with Gasteiger partial charge in [-0.15, -0.1) is 11.3 Å². The molecule has 2 aliphatic rings. The number of ether oxygens (including phenoxy) is 1. The summed E-state index contributed by atoms with van der Waals surface area (Å²) in [6.07, 6.45) is 4.06. The van der Waals surface area contributed by atoms with Crippen LogP contribution in [0.5, 0.6) is 0 Å². The molecule has 2 unspecified atom stereocenters. The molecule has 1 saturated carbocycles. The number of carbonyl (C=O) groups is 1. The van der Waals surface area contributed by atoms with Gasteiger partial charge in [-0.1, -0.05) is 0 Å². The van der Waals surface area contributed by atoms with Crippen molar-refractivity contribution in [2.75, 3.05) is 13.1 Å². The molecule has 5 heteroatoms. The summed E-state index contributed by atoms with van der Waals surface area (Å²) in [5.74, 6) is 1.85. The number of amides is 1. The van der Waals surface area contributed by atoms with Gasteiger partial charge in [0.2, 0.25) is 0 Å². The van der Waals surface area contributed by atoms with Crippen molar-refractivity contribution in [3.8, 4) is 0 Å². The van der Waals surface area contributed by atoms with Gasteiger partial charge in [-0.05, 0) is 45.4 Å². The molecular weight excluding hydrogens is 272 g/mol. The van der Waals surface area contributed by atoms with Crippen LogP contribution in [0.4, 0.5) is 4.79 Å². The molecule has 1 amide bonds. The van der Waals surface area contributed by atoms with E-state index in [9.17, 15) is 4.79 Å². The Morgan fingerprint density at radius 2 is 2.00 bits per heavy atom. The van der Waals surface area contributed by atoms with Gasteiger partial charge in [-0.25, -0.2) is 9.78 Å². The first kappa shape index (κ1) is 13.9. The van der Waals surface area contributed by atoms with E-state index in [-0.39, 0.29) is 6.09 Å². The number of rotatable bonds is 1. The third-order valence-electron chi connectivity index (χ3n) is 4.20. The molecule has 2 heterocycles. The lowest BCUT2D eigenvalue weighted by atomic mass is 10.0. The van der Waals surface area contributed by atoms with Gasteiger partial charge < -0.3 is 9.64 Å². The Morgan fingerprint density at radius 1 is 1.35 bits per heavy atom. The first-order valence-electron chi connectivity index (χ1n) is 7.29. The fourth-order valence-electron chi connectivity index (χ4n) is 3.41. The zero-order chi connectivity index (χ0) is 14.3. The highest BCUT2D eigenvalue weighted by Gasteiger charge is 2.44. The molecule has 0 aromatic carbocycles. The Labute approximate surface area is 124 Å². The first-order chi connectivity index (χ1) is 9.42.